The van der Waals surface area contributed by atoms with Gasteiger partial charge in [-0.2, -0.15) is 4.39 Å². The van der Waals surface area contributed by atoms with E-state index in [4.69, 9.17) is 11.8 Å². The van der Waals surface area contributed by atoms with Crippen LogP contribution >= 0.6 is 11.8 Å². The molecule has 0 aliphatic carbocycles. The van der Waals surface area contributed by atoms with E-state index in [0.29, 0.717) is 4.53 Å². The van der Waals surface area contributed by atoms with Crippen molar-refractivity contribution in [1.29, 1.82) is 0 Å². The van der Waals surface area contributed by atoms with Crippen LogP contribution in [0, 0.1) is 0 Å². The lowest BCUT2D eigenvalue weighted by Crippen LogP contribution is -1.76. The van der Waals surface area contributed by atoms with Gasteiger partial charge >= 0.3 is 6.09 Å². The molecule has 0 saturated carbocycles. The molecule has 0 saturated heterocycles. The normalized spacial score (nSPS) is 18.8. The molecular formula is CClFN2. The number of hydrazone groups is 1. The van der Waals surface area contributed by atoms with Crippen LogP contribution in [0.4, 0.5) is 4.39 Å². The van der Waals surface area contributed by atoms with E-state index >= 15 is 0 Å². The largest absolute Gasteiger partial charge is 0.339 e. The topological polar surface area (TPSA) is 15.4 Å². The summed E-state index contributed by atoms with van der Waals surface area (Å²) in [4.78, 5) is 0. The summed E-state index contributed by atoms with van der Waals surface area (Å²) in [5.41, 5.74) is 0. The van der Waals surface area contributed by atoms with Gasteiger partial charge in [0.1, 0.15) is 0 Å². The first-order chi connectivity index (χ1) is 2.30. The fraction of sp³-hybridized carbons (Fsp3) is 0. The van der Waals surface area contributed by atoms with Crippen molar-refractivity contribution in [1.82, 2.24) is 4.53 Å². The SMILES string of the molecule is FC1=NN1Cl. The number of amidine groups is 1. The fourth-order valence-corrected chi connectivity index (χ4v) is 0.112. The van der Waals surface area contributed by atoms with Crippen LogP contribution in [0.3, 0.4) is 0 Å². The van der Waals surface area contributed by atoms with E-state index in [1.807, 2.05) is 0 Å². The first-order valence-electron chi connectivity index (χ1n) is 1.01. The van der Waals surface area contributed by atoms with Crippen LogP contribution in [-0.2, 0) is 0 Å². The molecule has 1 aliphatic heterocycles. The first-order valence-corrected chi connectivity index (χ1v) is 1.34. The van der Waals surface area contributed by atoms with Crippen molar-refractivity contribution in [2.45, 2.75) is 0 Å². The molecule has 1 rings (SSSR count). The Balaban J connectivity index is 2.38. The maximum atomic E-state index is 11.0. The summed E-state index contributed by atoms with van der Waals surface area (Å²) in [7, 11) is 0. The Morgan fingerprint density at radius 3 is 2.20 bits per heavy atom. The van der Waals surface area contributed by atoms with E-state index in [-0.39, 0.29) is 0 Å². The highest BCUT2D eigenvalue weighted by Crippen LogP contribution is 2.11. The number of hydrogen-bond donors (Lipinski definition) is 0. The lowest BCUT2D eigenvalue weighted by atomic mass is 11.4. The van der Waals surface area contributed by atoms with Gasteiger partial charge in [0.25, 0.3) is 0 Å². The minimum atomic E-state index is -0.605. The second-order valence-corrected chi connectivity index (χ2v) is 0.949. The van der Waals surface area contributed by atoms with E-state index < -0.39 is 6.09 Å². The molecule has 0 spiro atoms. The molecular weight excluding hydrogens is 94.5 g/mol. The molecule has 0 bridgehead atoms. The lowest BCUT2D eigenvalue weighted by Gasteiger charge is -1.65. The third kappa shape index (κ3) is 0.326. The maximum absolute atomic E-state index is 11.0. The average molecular weight is 94.5 g/mol. The molecule has 4 heteroatoms. The highest BCUT2D eigenvalue weighted by Gasteiger charge is 2.19. The zero-order chi connectivity index (χ0) is 3.86. The Morgan fingerprint density at radius 1 is 2.00 bits per heavy atom. The summed E-state index contributed by atoms with van der Waals surface area (Å²) in [5.74, 6) is 0. The Morgan fingerprint density at radius 2 is 2.20 bits per heavy atom. The van der Waals surface area contributed by atoms with Crippen molar-refractivity contribution < 1.29 is 4.39 Å². The predicted molar refractivity (Wildman–Crippen MR) is 16.2 cm³/mol. The maximum Gasteiger partial charge on any atom is 0.339 e. The minimum Gasteiger partial charge on any atom is -0.159 e. The van der Waals surface area contributed by atoms with Crippen molar-refractivity contribution in [3.63, 3.8) is 0 Å². The molecule has 0 radical (unpaired) electrons. The lowest BCUT2D eigenvalue weighted by molar-refractivity contribution is 0.753. The summed E-state index contributed by atoms with van der Waals surface area (Å²) in [6, 6.07) is 0. The smallest absolute Gasteiger partial charge is 0.159 e. The van der Waals surface area contributed by atoms with Gasteiger partial charge in [0.05, 0.1) is 0 Å². The molecule has 0 atom stereocenters. The van der Waals surface area contributed by atoms with Gasteiger partial charge in [-0.05, 0) is 0 Å². The number of halogens is 2. The highest BCUT2D eigenvalue weighted by atomic mass is 35.5. The van der Waals surface area contributed by atoms with E-state index in [9.17, 15) is 4.39 Å². The third-order valence-corrected chi connectivity index (χ3v) is 0.498. The van der Waals surface area contributed by atoms with Crippen molar-refractivity contribution in [2.75, 3.05) is 0 Å². The van der Waals surface area contributed by atoms with Crippen molar-refractivity contribution in [3.8, 4) is 0 Å². The zero-order valence-electron chi connectivity index (χ0n) is 2.15. The van der Waals surface area contributed by atoms with Gasteiger partial charge < -0.3 is 0 Å². The first kappa shape index (κ1) is 2.90. The summed E-state index contributed by atoms with van der Waals surface area (Å²) >= 11 is 4.79. The fourth-order valence-electron chi connectivity index (χ4n) is 0.0501. The molecule has 2 nitrogen and oxygen atoms in total. The van der Waals surface area contributed by atoms with E-state index in [0.717, 1.165) is 0 Å². The van der Waals surface area contributed by atoms with Crippen LogP contribution in [0.2, 0.25) is 0 Å². The molecule has 1 heterocycles. The van der Waals surface area contributed by atoms with Crippen LogP contribution < -0.4 is 0 Å². The molecule has 5 heavy (non-hydrogen) atoms. The molecule has 0 amide bonds. The van der Waals surface area contributed by atoms with E-state index in [1.54, 1.807) is 0 Å². The summed E-state index contributed by atoms with van der Waals surface area (Å²) in [6.45, 7) is 0. The second-order valence-electron chi connectivity index (χ2n) is 0.629. The number of hydrogen-bond acceptors (Lipinski definition) is 2. The summed E-state index contributed by atoms with van der Waals surface area (Å²) < 4.78 is 11.7. The summed E-state index contributed by atoms with van der Waals surface area (Å²) in [5, 5.41) is 2.90. The molecule has 0 N–H and O–H groups in total. The number of nitrogens with zero attached hydrogens (tertiary/aromatic N) is 2. The Labute approximate surface area is 32.9 Å². The molecule has 28 valence electrons. The second kappa shape index (κ2) is 0.597. The summed E-state index contributed by atoms with van der Waals surface area (Å²) in [6.07, 6.45) is -0.605. The van der Waals surface area contributed by atoms with E-state index in [1.165, 1.54) is 0 Å². The van der Waals surface area contributed by atoms with Crippen LogP contribution in [0.15, 0.2) is 5.10 Å². The van der Waals surface area contributed by atoms with Crippen LogP contribution in [0.5, 0.6) is 0 Å². The van der Waals surface area contributed by atoms with Crippen molar-refractivity contribution >= 4 is 17.9 Å². The van der Waals surface area contributed by atoms with Crippen molar-refractivity contribution in [3.05, 3.63) is 0 Å². The minimum absolute atomic E-state index is 0.605. The molecule has 0 aromatic carbocycles. The Kier molecular flexibility index (Phi) is 0.346. The van der Waals surface area contributed by atoms with Gasteiger partial charge in [-0.1, -0.05) is 0 Å². The standard InChI is InChI=1S/CClFN2/c2-5-1(3)4-5. The van der Waals surface area contributed by atoms with Gasteiger partial charge in [0, 0.05) is 11.8 Å². The van der Waals surface area contributed by atoms with Crippen LogP contribution in [-0.4, -0.2) is 10.6 Å². The zero-order valence-corrected chi connectivity index (χ0v) is 2.91. The van der Waals surface area contributed by atoms with Crippen molar-refractivity contribution in [2.24, 2.45) is 5.10 Å². The third-order valence-electron chi connectivity index (χ3n) is 0.283. The highest BCUT2D eigenvalue weighted by molar-refractivity contribution is 6.24. The molecule has 0 aromatic rings. The van der Waals surface area contributed by atoms with Crippen LogP contribution in [0.25, 0.3) is 0 Å². The average Bonchev–Trinajstić information content (AvgIpc) is 1.79. The van der Waals surface area contributed by atoms with Gasteiger partial charge in [-0.3, -0.25) is 0 Å². The Bertz CT molecular complexity index is 79.7. The molecule has 1 aliphatic rings. The van der Waals surface area contributed by atoms with Gasteiger partial charge in [0.2, 0.25) is 0 Å². The van der Waals surface area contributed by atoms with E-state index in [2.05, 4.69) is 5.10 Å². The molecule has 0 unspecified atom stereocenters. The Hall–Kier alpha value is -0.310. The van der Waals surface area contributed by atoms with Gasteiger partial charge in [0.15, 0.2) is 0 Å². The van der Waals surface area contributed by atoms with Gasteiger partial charge in [-0.25, -0.2) is 0 Å². The molecule has 0 fully saturated rings. The van der Waals surface area contributed by atoms with Gasteiger partial charge in [-0.15, -0.1) is 9.63 Å². The predicted octanol–water partition coefficient (Wildman–Crippen LogP) is 0.696. The number of rotatable bonds is 0. The monoisotopic (exact) mass is 94.0 g/mol. The van der Waals surface area contributed by atoms with Crippen LogP contribution in [0.1, 0.15) is 0 Å². The quantitative estimate of drug-likeness (QED) is 0.319. The molecule has 0 aromatic heterocycles.